The van der Waals surface area contributed by atoms with Gasteiger partial charge in [-0.05, 0) is 19.9 Å². The van der Waals surface area contributed by atoms with Gasteiger partial charge in [0.05, 0.1) is 5.02 Å². The van der Waals surface area contributed by atoms with Crippen molar-refractivity contribution >= 4 is 28.4 Å². The molecule has 21 heavy (non-hydrogen) atoms. The zero-order valence-corrected chi connectivity index (χ0v) is 12.2. The Balaban J connectivity index is 1.85. The average molecular weight is 305 g/mol. The van der Waals surface area contributed by atoms with E-state index in [1.807, 2.05) is 24.3 Å². The van der Waals surface area contributed by atoms with Crippen LogP contribution in [0.1, 0.15) is 35.2 Å². The summed E-state index contributed by atoms with van der Waals surface area (Å²) in [5.74, 6) is 0.558. The molecule has 2 aromatic heterocycles. The number of hydrogen-bond acceptors (Lipinski definition) is 4. The lowest BCUT2D eigenvalue weighted by Crippen LogP contribution is -2.27. The fourth-order valence-electron chi connectivity index (χ4n) is 2.08. The van der Waals surface area contributed by atoms with E-state index in [-0.39, 0.29) is 5.91 Å². The molecular weight excluding hydrogens is 292 g/mol. The highest BCUT2D eigenvalue weighted by Crippen LogP contribution is 2.27. The van der Waals surface area contributed by atoms with Crippen LogP contribution in [-0.4, -0.2) is 21.0 Å². The van der Waals surface area contributed by atoms with Gasteiger partial charge in [-0.2, -0.15) is 4.98 Å². The predicted molar refractivity (Wildman–Crippen MR) is 78.2 cm³/mol. The quantitative estimate of drug-likeness (QED) is 0.779. The van der Waals surface area contributed by atoms with Crippen LogP contribution in [0, 0.1) is 6.92 Å². The van der Waals surface area contributed by atoms with E-state index >= 15 is 0 Å². The van der Waals surface area contributed by atoms with Crippen LogP contribution < -0.4 is 5.32 Å². The van der Waals surface area contributed by atoms with E-state index in [4.69, 9.17) is 16.1 Å². The Bertz CT molecular complexity index is 808. The number of nitrogens with one attached hydrogen (secondary N) is 2. The lowest BCUT2D eigenvalue weighted by atomic mass is 10.2. The smallest absolute Gasteiger partial charge is 0.269 e. The molecule has 1 aromatic carbocycles. The highest BCUT2D eigenvalue weighted by atomic mass is 35.5. The molecule has 0 aliphatic heterocycles. The molecule has 0 radical (unpaired) electrons. The molecule has 6 nitrogen and oxygen atoms in total. The maximum absolute atomic E-state index is 12.3. The number of carbonyl (C=O) groups excluding carboxylic acids is 1. The van der Waals surface area contributed by atoms with Crippen molar-refractivity contribution in [3.05, 3.63) is 46.7 Å². The molecule has 0 aliphatic rings. The minimum Gasteiger partial charge on any atom is -0.349 e. The monoisotopic (exact) mass is 304 g/mol. The van der Waals surface area contributed by atoms with E-state index in [1.54, 1.807) is 13.8 Å². The van der Waals surface area contributed by atoms with Gasteiger partial charge in [0.2, 0.25) is 5.89 Å². The Morgan fingerprint density at radius 3 is 2.86 bits per heavy atom. The lowest BCUT2D eigenvalue weighted by molar-refractivity contribution is 0.0928. The predicted octanol–water partition coefficient (Wildman–Crippen LogP) is 3.00. The van der Waals surface area contributed by atoms with Crippen LogP contribution >= 0.6 is 11.6 Å². The van der Waals surface area contributed by atoms with Crippen LogP contribution in [-0.2, 0) is 0 Å². The molecule has 7 heteroatoms. The summed E-state index contributed by atoms with van der Waals surface area (Å²) in [4.78, 5) is 19.4. The van der Waals surface area contributed by atoms with Gasteiger partial charge in [-0.3, -0.25) is 4.79 Å². The fourth-order valence-corrected chi connectivity index (χ4v) is 2.38. The van der Waals surface area contributed by atoms with E-state index in [2.05, 4.69) is 20.4 Å². The zero-order chi connectivity index (χ0) is 15.0. The highest BCUT2D eigenvalue weighted by molar-refractivity contribution is 6.38. The minimum absolute atomic E-state index is 0.320. The first-order chi connectivity index (χ1) is 10.1. The molecule has 0 fully saturated rings. The number of benzene rings is 1. The summed E-state index contributed by atoms with van der Waals surface area (Å²) in [6.07, 6.45) is 0. The largest absolute Gasteiger partial charge is 0.349 e. The minimum atomic E-state index is -0.402. The van der Waals surface area contributed by atoms with Crippen molar-refractivity contribution in [2.24, 2.45) is 0 Å². The van der Waals surface area contributed by atoms with Gasteiger partial charge in [0.1, 0.15) is 11.7 Å². The Kier molecular flexibility index (Phi) is 3.39. The van der Waals surface area contributed by atoms with Crippen molar-refractivity contribution < 1.29 is 9.32 Å². The Labute approximate surface area is 125 Å². The summed E-state index contributed by atoms with van der Waals surface area (Å²) in [7, 11) is 0. The number of amides is 1. The molecule has 108 valence electrons. The lowest BCUT2D eigenvalue weighted by Gasteiger charge is -2.08. The van der Waals surface area contributed by atoms with Gasteiger partial charge in [-0.25, -0.2) is 0 Å². The molecule has 0 unspecified atom stereocenters. The van der Waals surface area contributed by atoms with Gasteiger partial charge in [-0.15, -0.1) is 0 Å². The number of nitrogens with zero attached hydrogens (tertiary/aromatic N) is 2. The standard InChI is InChI=1S/C14H13ClN4O2/c1-7(14-17-8(2)19-21-14)16-13(20)12-11(15)9-5-3-4-6-10(9)18-12/h3-7,18H,1-2H3,(H,16,20)/t7-/m1/s1. The summed E-state index contributed by atoms with van der Waals surface area (Å²) in [5.41, 5.74) is 1.13. The number of carbonyl (C=O) groups is 1. The topological polar surface area (TPSA) is 83.8 Å². The van der Waals surface area contributed by atoms with Crippen LogP contribution in [0.5, 0.6) is 0 Å². The van der Waals surface area contributed by atoms with Gasteiger partial charge < -0.3 is 14.8 Å². The van der Waals surface area contributed by atoms with Crippen molar-refractivity contribution in [3.63, 3.8) is 0 Å². The maximum Gasteiger partial charge on any atom is 0.269 e. The molecule has 3 rings (SSSR count). The second kappa shape index (κ2) is 5.21. The van der Waals surface area contributed by atoms with Crippen molar-refractivity contribution in [3.8, 4) is 0 Å². The van der Waals surface area contributed by atoms with Crippen LogP contribution in [0.15, 0.2) is 28.8 Å². The Morgan fingerprint density at radius 2 is 2.19 bits per heavy atom. The number of aromatic nitrogens is 3. The van der Waals surface area contributed by atoms with E-state index in [1.165, 1.54) is 0 Å². The third-order valence-corrected chi connectivity index (χ3v) is 3.52. The van der Waals surface area contributed by atoms with Gasteiger partial charge in [0.15, 0.2) is 5.82 Å². The molecule has 0 saturated heterocycles. The third-order valence-electron chi connectivity index (χ3n) is 3.13. The van der Waals surface area contributed by atoms with Crippen LogP contribution in [0.4, 0.5) is 0 Å². The van der Waals surface area contributed by atoms with Crippen LogP contribution in [0.2, 0.25) is 5.02 Å². The maximum atomic E-state index is 12.3. The SMILES string of the molecule is Cc1noc([C@@H](C)NC(=O)c2[nH]c3ccccc3c2Cl)n1. The van der Waals surface area contributed by atoms with E-state index in [0.717, 1.165) is 10.9 Å². The van der Waals surface area contributed by atoms with Gasteiger partial charge in [0, 0.05) is 10.9 Å². The first-order valence-electron chi connectivity index (χ1n) is 6.43. The molecule has 0 bridgehead atoms. The summed E-state index contributed by atoms with van der Waals surface area (Å²) in [5, 5.41) is 7.69. The summed E-state index contributed by atoms with van der Waals surface area (Å²) >= 11 is 6.24. The normalized spacial score (nSPS) is 12.5. The average Bonchev–Trinajstić information content (AvgIpc) is 3.04. The van der Waals surface area contributed by atoms with Crippen molar-refractivity contribution in [1.29, 1.82) is 0 Å². The number of H-pyrrole nitrogens is 1. The highest BCUT2D eigenvalue weighted by Gasteiger charge is 2.20. The summed E-state index contributed by atoms with van der Waals surface area (Å²) in [6.45, 7) is 3.48. The summed E-state index contributed by atoms with van der Waals surface area (Å²) in [6, 6.07) is 7.06. The van der Waals surface area contributed by atoms with Gasteiger partial charge in [-0.1, -0.05) is 35.0 Å². The molecular formula is C14H13ClN4O2. The van der Waals surface area contributed by atoms with Gasteiger partial charge >= 0.3 is 0 Å². The van der Waals surface area contributed by atoms with E-state index < -0.39 is 6.04 Å². The molecule has 1 atom stereocenters. The summed E-state index contributed by atoms with van der Waals surface area (Å²) < 4.78 is 5.03. The van der Waals surface area contributed by atoms with E-state index in [9.17, 15) is 4.79 Å². The Morgan fingerprint density at radius 1 is 1.43 bits per heavy atom. The van der Waals surface area contributed by atoms with Crippen LogP contribution in [0.3, 0.4) is 0 Å². The molecule has 0 saturated carbocycles. The number of para-hydroxylation sites is 1. The second-order valence-corrected chi connectivity index (χ2v) is 5.11. The number of hydrogen-bond donors (Lipinski definition) is 2. The van der Waals surface area contributed by atoms with Crippen molar-refractivity contribution in [2.45, 2.75) is 19.9 Å². The number of fused-ring (bicyclic) bond motifs is 1. The molecule has 1 amide bonds. The molecule has 3 aromatic rings. The second-order valence-electron chi connectivity index (χ2n) is 4.73. The van der Waals surface area contributed by atoms with Crippen molar-refractivity contribution in [1.82, 2.24) is 20.4 Å². The van der Waals surface area contributed by atoms with Crippen molar-refractivity contribution in [2.75, 3.05) is 0 Å². The molecule has 2 N–H and O–H groups in total. The first kappa shape index (κ1) is 13.6. The molecule has 0 aliphatic carbocycles. The third kappa shape index (κ3) is 2.50. The number of rotatable bonds is 3. The number of halogens is 1. The molecule has 2 heterocycles. The molecule has 0 spiro atoms. The van der Waals surface area contributed by atoms with Crippen LogP contribution in [0.25, 0.3) is 10.9 Å². The van der Waals surface area contributed by atoms with E-state index in [0.29, 0.717) is 22.4 Å². The number of aromatic amines is 1. The Hall–Kier alpha value is -2.34. The zero-order valence-electron chi connectivity index (χ0n) is 11.5. The first-order valence-corrected chi connectivity index (χ1v) is 6.81. The fraction of sp³-hybridized carbons (Fsp3) is 0.214. The number of aryl methyl sites for hydroxylation is 1. The van der Waals surface area contributed by atoms with Gasteiger partial charge in [0.25, 0.3) is 5.91 Å².